The van der Waals surface area contributed by atoms with Gasteiger partial charge in [0.2, 0.25) is 5.91 Å². The Morgan fingerprint density at radius 2 is 1.75 bits per heavy atom. The summed E-state index contributed by atoms with van der Waals surface area (Å²) in [6.45, 7) is 5.04. The van der Waals surface area contributed by atoms with E-state index in [1.54, 1.807) is 17.2 Å². The standard InChI is InChI=1S/C16H18N2O2/c1-3-18(4-2)16(20)10-15(19)14-9-12-7-5-6-8-13(12)11-17-14/h5-9,11H,3-4,10H2,1-2H3. The normalized spacial score (nSPS) is 10.5. The van der Waals surface area contributed by atoms with Gasteiger partial charge in [0.15, 0.2) is 5.78 Å². The van der Waals surface area contributed by atoms with Crippen molar-refractivity contribution in [3.05, 3.63) is 42.2 Å². The molecule has 1 amide bonds. The van der Waals surface area contributed by atoms with Gasteiger partial charge >= 0.3 is 0 Å². The molecule has 4 nitrogen and oxygen atoms in total. The largest absolute Gasteiger partial charge is 0.343 e. The number of ketones is 1. The molecule has 4 heteroatoms. The Labute approximate surface area is 118 Å². The minimum Gasteiger partial charge on any atom is -0.343 e. The van der Waals surface area contributed by atoms with Crippen LogP contribution in [0.5, 0.6) is 0 Å². The van der Waals surface area contributed by atoms with E-state index in [2.05, 4.69) is 4.98 Å². The second-order valence-corrected chi connectivity index (χ2v) is 4.58. The van der Waals surface area contributed by atoms with Crippen molar-refractivity contribution >= 4 is 22.5 Å². The van der Waals surface area contributed by atoms with Crippen molar-refractivity contribution in [2.45, 2.75) is 20.3 Å². The lowest BCUT2D eigenvalue weighted by Gasteiger charge is -2.17. The lowest BCUT2D eigenvalue weighted by Crippen LogP contribution is -2.32. The Balaban J connectivity index is 2.17. The topological polar surface area (TPSA) is 50.3 Å². The number of pyridine rings is 1. The highest BCUT2D eigenvalue weighted by atomic mass is 16.2. The molecule has 104 valence electrons. The van der Waals surface area contributed by atoms with Gasteiger partial charge in [-0.1, -0.05) is 24.3 Å². The van der Waals surface area contributed by atoms with Crippen LogP contribution >= 0.6 is 0 Å². The van der Waals surface area contributed by atoms with Crippen molar-refractivity contribution in [3.63, 3.8) is 0 Å². The zero-order valence-corrected chi connectivity index (χ0v) is 11.8. The van der Waals surface area contributed by atoms with Gasteiger partial charge in [-0.2, -0.15) is 0 Å². The molecule has 0 aliphatic carbocycles. The van der Waals surface area contributed by atoms with Gasteiger partial charge in [-0.05, 0) is 25.3 Å². The maximum Gasteiger partial charge on any atom is 0.230 e. The Hall–Kier alpha value is -2.23. The smallest absolute Gasteiger partial charge is 0.230 e. The number of Topliss-reactive ketones (excluding diaryl/α,β-unsaturated/α-hetero) is 1. The first kappa shape index (κ1) is 14.2. The molecular formula is C16H18N2O2. The Morgan fingerprint density at radius 1 is 1.10 bits per heavy atom. The van der Waals surface area contributed by atoms with Gasteiger partial charge in [0.25, 0.3) is 0 Å². The summed E-state index contributed by atoms with van der Waals surface area (Å²) in [5.41, 5.74) is 0.351. The molecule has 0 saturated carbocycles. The van der Waals surface area contributed by atoms with E-state index in [1.807, 2.05) is 38.1 Å². The molecule has 0 aliphatic rings. The number of nitrogens with zero attached hydrogens (tertiary/aromatic N) is 2. The summed E-state index contributed by atoms with van der Waals surface area (Å²) in [5, 5.41) is 1.94. The zero-order valence-electron chi connectivity index (χ0n) is 11.8. The SMILES string of the molecule is CCN(CC)C(=O)CC(=O)c1cc2ccccc2cn1. The van der Waals surface area contributed by atoms with Gasteiger partial charge in [-0.3, -0.25) is 14.6 Å². The van der Waals surface area contributed by atoms with Crippen LogP contribution in [-0.4, -0.2) is 34.7 Å². The number of carbonyl (C=O) groups is 2. The van der Waals surface area contributed by atoms with Gasteiger partial charge in [-0.25, -0.2) is 0 Å². The van der Waals surface area contributed by atoms with Gasteiger partial charge in [0, 0.05) is 24.7 Å². The number of fused-ring (bicyclic) bond motifs is 1. The van der Waals surface area contributed by atoms with Crippen molar-refractivity contribution in [3.8, 4) is 0 Å². The van der Waals surface area contributed by atoms with Crippen molar-refractivity contribution in [2.75, 3.05) is 13.1 Å². The number of hydrogen-bond acceptors (Lipinski definition) is 3. The molecule has 0 atom stereocenters. The number of benzene rings is 1. The first-order valence-corrected chi connectivity index (χ1v) is 6.81. The van der Waals surface area contributed by atoms with Crippen LogP contribution in [0.2, 0.25) is 0 Å². The average Bonchev–Trinajstić information content (AvgIpc) is 2.48. The monoisotopic (exact) mass is 270 g/mol. The number of amides is 1. The molecule has 0 saturated heterocycles. The van der Waals surface area contributed by atoms with Crippen molar-refractivity contribution in [1.29, 1.82) is 0 Å². The summed E-state index contributed by atoms with van der Waals surface area (Å²) in [5.74, 6) is -0.373. The Bertz CT molecular complexity index is 633. The average molecular weight is 270 g/mol. The molecule has 2 aromatic rings. The quantitative estimate of drug-likeness (QED) is 0.620. The molecular weight excluding hydrogens is 252 g/mol. The van der Waals surface area contributed by atoms with Crippen LogP contribution < -0.4 is 0 Å². The van der Waals surface area contributed by atoms with E-state index in [-0.39, 0.29) is 18.1 Å². The highest BCUT2D eigenvalue weighted by molar-refractivity contribution is 6.07. The highest BCUT2D eigenvalue weighted by Gasteiger charge is 2.17. The van der Waals surface area contributed by atoms with Crippen LogP contribution in [0, 0.1) is 0 Å². The van der Waals surface area contributed by atoms with Crippen LogP contribution in [0.15, 0.2) is 36.5 Å². The predicted molar refractivity (Wildman–Crippen MR) is 78.6 cm³/mol. The molecule has 2 rings (SSSR count). The van der Waals surface area contributed by atoms with Gasteiger partial charge in [0.1, 0.15) is 5.69 Å². The van der Waals surface area contributed by atoms with E-state index in [9.17, 15) is 9.59 Å². The lowest BCUT2D eigenvalue weighted by atomic mass is 10.1. The second kappa shape index (κ2) is 6.28. The zero-order chi connectivity index (χ0) is 14.5. The number of carbonyl (C=O) groups excluding carboxylic acids is 2. The van der Waals surface area contributed by atoms with Crippen molar-refractivity contribution in [2.24, 2.45) is 0 Å². The maximum absolute atomic E-state index is 12.1. The summed E-state index contributed by atoms with van der Waals surface area (Å²) >= 11 is 0. The van der Waals surface area contributed by atoms with Gasteiger partial charge in [-0.15, -0.1) is 0 Å². The summed E-state index contributed by atoms with van der Waals surface area (Å²) in [4.78, 5) is 29.9. The fourth-order valence-corrected chi connectivity index (χ4v) is 2.15. The number of hydrogen-bond donors (Lipinski definition) is 0. The molecule has 0 spiro atoms. The Kier molecular flexibility index (Phi) is 4.45. The van der Waals surface area contributed by atoms with Crippen LogP contribution in [0.3, 0.4) is 0 Å². The van der Waals surface area contributed by atoms with Crippen LogP contribution in [0.1, 0.15) is 30.8 Å². The molecule has 1 aromatic heterocycles. The van der Waals surface area contributed by atoms with Crippen molar-refractivity contribution in [1.82, 2.24) is 9.88 Å². The first-order chi connectivity index (χ1) is 9.65. The molecule has 0 fully saturated rings. The van der Waals surface area contributed by atoms with E-state index in [4.69, 9.17) is 0 Å². The lowest BCUT2D eigenvalue weighted by molar-refractivity contribution is -0.129. The fraction of sp³-hybridized carbons (Fsp3) is 0.312. The molecule has 1 aromatic carbocycles. The third kappa shape index (κ3) is 3.02. The predicted octanol–water partition coefficient (Wildman–Crippen LogP) is 2.68. The first-order valence-electron chi connectivity index (χ1n) is 6.81. The third-order valence-corrected chi connectivity index (χ3v) is 3.34. The van der Waals surface area contributed by atoms with Gasteiger partial charge < -0.3 is 4.90 Å². The highest BCUT2D eigenvalue weighted by Crippen LogP contribution is 2.14. The Morgan fingerprint density at radius 3 is 2.40 bits per heavy atom. The minimum atomic E-state index is -0.229. The molecule has 0 unspecified atom stereocenters. The number of rotatable bonds is 5. The van der Waals surface area contributed by atoms with E-state index in [0.29, 0.717) is 18.8 Å². The van der Waals surface area contributed by atoms with Crippen LogP contribution in [0.4, 0.5) is 0 Å². The third-order valence-electron chi connectivity index (χ3n) is 3.34. The molecule has 0 radical (unpaired) electrons. The summed E-state index contributed by atoms with van der Waals surface area (Å²) in [6, 6.07) is 9.46. The summed E-state index contributed by atoms with van der Waals surface area (Å²) in [6.07, 6.45) is 1.55. The van der Waals surface area contributed by atoms with Crippen LogP contribution in [-0.2, 0) is 4.79 Å². The van der Waals surface area contributed by atoms with E-state index >= 15 is 0 Å². The minimum absolute atomic E-state index is 0.118. The molecule has 0 aliphatic heterocycles. The van der Waals surface area contributed by atoms with Crippen LogP contribution in [0.25, 0.3) is 10.8 Å². The molecule has 1 heterocycles. The van der Waals surface area contributed by atoms with E-state index in [1.165, 1.54) is 0 Å². The molecule has 20 heavy (non-hydrogen) atoms. The molecule has 0 N–H and O–H groups in total. The van der Waals surface area contributed by atoms with E-state index < -0.39 is 0 Å². The fourth-order valence-electron chi connectivity index (χ4n) is 2.15. The second-order valence-electron chi connectivity index (χ2n) is 4.58. The number of aromatic nitrogens is 1. The summed E-state index contributed by atoms with van der Waals surface area (Å²) < 4.78 is 0. The van der Waals surface area contributed by atoms with Crippen molar-refractivity contribution < 1.29 is 9.59 Å². The van der Waals surface area contributed by atoms with E-state index in [0.717, 1.165) is 10.8 Å². The molecule has 0 bridgehead atoms. The summed E-state index contributed by atoms with van der Waals surface area (Å²) in [7, 11) is 0. The maximum atomic E-state index is 12.1. The van der Waals surface area contributed by atoms with Gasteiger partial charge in [0.05, 0.1) is 6.42 Å².